The van der Waals surface area contributed by atoms with E-state index in [2.05, 4.69) is 10.4 Å². The highest BCUT2D eigenvalue weighted by atomic mass is 16.2. The van der Waals surface area contributed by atoms with Crippen LogP contribution in [0.3, 0.4) is 0 Å². The Morgan fingerprint density at radius 1 is 0.960 bits per heavy atom. The lowest BCUT2D eigenvalue weighted by atomic mass is 10.1. The van der Waals surface area contributed by atoms with Crippen molar-refractivity contribution in [1.29, 1.82) is 0 Å². The molecule has 4 aromatic rings. The molecule has 0 aliphatic carbocycles. The average Bonchev–Trinajstić information content (AvgIpc) is 2.64. The van der Waals surface area contributed by atoms with E-state index in [-0.39, 0.29) is 11.1 Å². The minimum absolute atomic E-state index is 0.116. The van der Waals surface area contributed by atoms with E-state index in [9.17, 15) is 9.59 Å². The zero-order chi connectivity index (χ0) is 17.4. The van der Waals surface area contributed by atoms with Crippen molar-refractivity contribution in [3.05, 3.63) is 82.6 Å². The molecule has 0 unspecified atom stereocenters. The predicted octanol–water partition coefficient (Wildman–Crippen LogP) is 3.34. The molecule has 3 aromatic carbocycles. The highest BCUT2D eigenvalue weighted by Gasteiger charge is 2.16. The number of carbonyl (C=O) groups excluding carboxylic acids is 1. The van der Waals surface area contributed by atoms with Gasteiger partial charge in [0.2, 0.25) is 5.43 Å². The molecule has 1 aromatic heterocycles. The number of carbonyl (C=O) groups is 1. The fraction of sp³-hybridized carbons (Fsp3) is 0.0500. The standard InChI is InChI=1S/C20H15N3O2/c1-23-17-9-5-4-8-16(17)19(24)18(22-23)20(25)21-15-11-10-13-6-2-3-7-14(13)12-15/h2-12H,1H3,(H,21,25). The molecule has 1 N–H and O–H groups in total. The van der Waals surface area contributed by atoms with Gasteiger partial charge in [-0.2, -0.15) is 5.10 Å². The quantitative estimate of drug-likeness (QED) is 0.613. The second-order valence-electron chi connectivity index (χ2n) is 5.83. The number of fused-ring (bicyclic) bond motifs is 2. The van der Waals surface area contributed by atoms with Crippen LogP contribution in [0.4, 0.5) is 5.69 Å². The van der Waals surface area contributed by atoms with Crippen LogP contribution in [0.5, 0.6) is 0 Å². The fourth-order valence-electron chi connectivity index (χ4n) is 2.93. The van der Waals surface area contributed by atoms with E-state index in [1.165, 1.54) is 0 Å². The Morgan fingerprint density at radius 2 is 1.68 bits per heavy atom. The summed E-state index contributed by atoms with van der Waals surface area (Å²) in [6.45, 7) is 0. The number of anilines is 1. The zero-order valence-electron chi connectivity index (χ0n) is 13.6. The molecule has 122 valence electrons. The number of para-hydroxylation sites is 1. The van der Waals surface area contributed by atoms with Crippen LogP contribution >= 0.6 is 0 Å². The second kappa shape index (κ2) is 5.87. The number of rotatable bonds is 2. The third kappa shape index (κ3) is 2.65. The van der Waals surface area contributed by atoms with Crippen LogP contribution in [0.15, 0.2) is 71.5 Å². The molecule has 0 saturated heterocycles. The third-order valence-corrected chi connectivity index (χ3v) is 4.18. The first-order valence-electron chi connectivity index (χ1n) is 7.90. The van der Waals surface area contributed by atoms with Crippen molar-refractivity contribution in [3.8, 4) is 0 Å². The summed E-state index contributed by atoms with van der Waals surface area (Å²) in [4.78, 5) is 25.2. The van der Waals surface area contributed by atoms with Crippen molar-refractivity contribution in [2.24, 2.45) is 7.05 Å². The highest BCUT2D eigenvalue weighted by Crippen LogP contribution is 2.19. The van der Waals surface area contributed by atoms with Gasteiger partial charge in [-0.25, -0.2) is 0 Å². The van der Waals surface area contributed by atoms with Gasteiger partial charge in [-0.05, 0) is 35.0 Å². The first-order chi connectivity index (χ1) is 12.1. The molecule has 0 aliphatic heterocycles. The molecule has 5 nitrogen and oxygen atoms in total. The Morgan fingerprint density at radius 3 is 2.52 bits per heavy atom. The monoisotopic (exact) mass is 329 g/mol. The molecule has 5 heteroatoms. The number of aromatic nitrogens is 2. The van der Waals surface area contributed by atoms with Crippen LogP contribution in [0.25, 0.3) is 21.7 Å². The lowest BCUT2D eigenvalue weighted by Gasteiger charge is -2.09. The van der Waals surface area contributed by atoms with E-state index in [4.69, 9.17) is 0 Å². The molecule has 25 heavy (non-hydrogen) atoms. The summed E-state index contributed by atoms with van der Waals surface area (Å²) in [6, 6.07) is 20.6. The molecule has 0 saturated carbocycles. The maximum Gasteiger partial charge on any atom is 0.280 e. The van der Waals surface area contributed by atoms with Gasteiger partial charge in [-0.15, -0.1) is 0 Å². The van der Waals surface area contributed by atoms with Crippen molar-refractivity contribution in [2.75, 3.05) is 5.32 Å². The van der Waals surface area contributed by atoms with E-state index >= 15 is 0 Å². The average molecular weight is 329 g/mol. The normalized spacial score (nSPS) is 10.9. The summed E-state index contributed by atoms with van der Waals surface area (Å²) in [7, 11) is 1.72. The Balaban J connectivity index is 1.74. The molecule has 4 rings (SSSR count). The fourth-order valence-corrected chi connectivity index (χ4v) is 2.93. The van der Waals surface area contributed by atoms with Crippen LogP contribution in [0.2, 0.25) is 0 Å². The van der Waals surface area contributed by atoms with E-state index in [0.717, 1.165) is 10.8 Å². The Labute approximate surface area is 143 Å². The molecule has 0 bridgehead atoms. The zero-order valence-corrected chi connectivity index (χ0v) is 13.6. The van der Waals surface area contributed by atoms with Gasteiger partial charge < -0.3 is 5.32 Å². The van der Waals surface area contributed by atoms with Gasteiger partial charge in [0, 0.05) is 18.1 Å². The Kier molecular flexibility index (Phi) is 3.54. The van der Waals surface area contributed by atoms with Gasteiger partial charge in [0.15, 0.2) is 5.69 Å². The Bertz CT molecular complexity index is 1180. The van der Waals surface area contributed by atoms with Gasteiger partial charge >= 0.3 is 0 Å². The van der Waals surface area contributed by atoms with Gasteiger partial charge in [0.05, 0.1) is 5.52 Å². The van der Waals surface area contributed by atoms with Gasteiger partial charge in [0.25, 0.3) is 5.91 Å². The number of aryl methyl sites for hydroxylation is 1. The number of nitrogens with one attached hydrogen (secondary N) is 1. The smallest absolute Gasteiger partial charge is 0.280 e. The number of amides is 1. The van der Waals surface area contributed by atoms with Crippen LogP contribution in [0.1, 0.15) is 10.5 Å². The molecule has 0 atom stereocenters. The summed E-state index contributed by atoms with van der Waals surface area (Å²) in [5, 5.41) is 9.49. The van der Waals surface area contributed by atoms with Crippen LogP contribution < -0.4 is 10.7 Å². The summed E-state index contributed by atoms with van der Waals surface area (Å²) < 4.78 is 1.55. The molecule has 1 heterocycles. The van der Waals surface area contributed by atoms with E-state index in [0.29, 0.717) is 16.6 Å². The minimum Gasteiger partial charge on any atom is -0.320 e. The topological polar surface area (TPSA) is 64.0 Å². The SMILES string of the molecule is Cn1nc(C(=O)Nc2ccc3ccccc3c2)c(=O)c2ccccc21. The molecular weight excluding hydrogens is 314 g/mol. The molecule has 0 aliphatic rings. The lowest BCUT2D eigenvalue weighted by molar-refractivity contribution is 0.101. The molecular formula is C20H15N3O2. The summed E-state index contributed by atoms with van der Waals surface area (Å²) >= 11 is 0. The van der Waals surface area contributed by atoms with Crippen LogP contribution in [-0.2, 0) is 7.05 Å². The first kappa shape index (κ1) is 15.1. The minimum atomic E-state index is -0.512. The van der Waals surface area contributed by atoms with Gasteiger partial charge in [0.1, 0.15) is 0 Å². The summed E-state index contributed by atoms with van der Waals surface area (Å²) in [6.07, 6.45) is 0. The van der Waals surface area contributed by atoms with E-state index in [1.54, 1.807) is 29.9 Å². The molecule has 0 fully saturated rings. The van der Waals surface area contributed by atoms with E-state index < -0.39 is 5.91 Å². The number of benzene rings is 3. The van der Waals surface area contributed by atoms with Crippen molar-refractivity contribution >= 4 is 33.3 Å². The maximum atomic E-state index is 12.6. The first-order valence-corrected chi connectivity index (χ1v) is 7.90. The van der Waals surface area contributed by atoms with Gasteiger partial charge in [-0.1, -0.05) is 42.5 Å². The van der Waals surface area contributed by atoms with Crippen molar-refractivity contribution in [2.45, 2.75) is 0 Å². The third-order valence-electron chi connectivity index (χ3n) is 4.18. The Hall–Kier alpha value is -3.47. The summed E-state index contributed by atoms with van der Waals surface area (Å²) in [5.41, 5.74) is 0.830. The van der Waals surface area contributed by atoms with E-state index in [1.807, 2.05) is 48.5 Å². The highest BCUT2D eigenvalue weighted by molar-refractivity contribution is 6.05. The predicted molar refractivity (Wildman–Crippen MR) is 98.9 cm³/mol. The van der Waals surface area contributed by atoms with Crippen molar-refractivity contribution in [3.63, 3.8) is 0 Å². The maximum absolute atomic E-state index is 12.6. The molecule has 1 amide bonds. The number of nitrogens with zero attached hydrogens (tertiary/aromatic N) is 2. The lowest BCUT2D eigenvalue weighted by Crippen LogP contribution is -2.26. The summed E-state index contributed by atoms with van der Waals surface area (Å²) in [5.74, 6) is -0.512. The molecule has 0 spiro atoms. The second-order valence-corrected chi connectivity index (χ2v) is 5.83. The van der Waals surface area contributed by atoms with Crippen LogP contribution in [-0.4, -0.2) is 15.7 Å². The number of hydrogen-bond donors (Lipinski definition) is 1. The van der Waals surface area contributed by atoms with Crippen LogP contribution in [0, 0.1) is 0 Å². The van der Waals surface area contributed by atoms with Gasteiger partial charge in [-0.3, -0.25) is 14.3 Å². The molecule has 0 radical (unpaired) electrons. The van der Waals surface area contributed by atoms with Crippen molar-refractivity contribution in [1.82, 2.24) is 9.78 Å². The number of hydrogen-bond acceptors (Lipinski definition) is 3. The largest absolute Gasteiger partial charge is 0.320 e. The van der Waals surface area contributed by atoms with Crippen molar-refractivity contribution < 1.29 is 4.79 Å².